The lowest BCUT2D eigenvalue weighted by Crippen LogP contribution is -2.39. The SMILES string of the molecule is Cc1noc(CCCNC(=O)N2CC[C@H](Cc3ccccc3)C2)n1. The first-order valence-electron chi connectivity index (χ1n) is 8.56. The fourth-order valence-corrected chi connectivity index (χ4v) is 3.12. The van der Waals surface area contributed by atoms with E-state index in [1.165, 1.54) is 5.56 Å². The summed E-state index contributed by atoms with van der Waals surface area (Å²) in [6.45, 7) is 4.10. The average Bonchev–Trinajstić information content (AvgIpc) is 3.21. The summed E-state index contributed by atoms with van der Waals surface area (Å²) < 4.78 is 5.06. The minimum atomic E-state index is 0.0345. The van der Waals surface area contributed by atoms with Gasteiger partial charge in [0.2, 0.25) is 5.89 Å². The van der Waals surface area contributed by atoms with Crippen LogP contribution in [0.2, 0.25) is 0 Å². The highest BCUT2D eigenvalue weighted by molar-refractivity contribution is 5.74. The summed E-state index contributed by atoms with van der Waals surface area (Å²) in [7, 11) is 0. The van der Waals surface area contributed by atoms with Crippen molar-refractivity contribution in [3.05, 3.63) is 47.6 Å². The fourth-order valence-electron chi connectivity index (χ4n) is 3.12. The Bertz CT molecular complexity index is 656. The summed E-state index contributed by atoms with van der Waals surface area (Å²) in [5, 5.41) is 6.74. The molecular weight excluding hydrogens is 304 g/mol. The molecule has 24 heavy (non-hydrogen) atoms. The zero-order valence-electron chi connectivity index (χ0n) is 14.1. The molecule has 2 amide bonds. The lowest BCUT2D eigenvalue weighted by atomic mass is 9.99. The molecule has 1 aliphatic rings. The molecule has 1 saturated heterocycles. The molecule has 6 nitrogen and oxygen atoms in total. The maximum Gasteiger partial charge on any atom is 0.317 e. The lowest BCUT2D eigenvalue weighted by Gasteiger charge is -2.17. The molecule has 1 N–H and O–H groups in total. The Hall–Kier alpha value is -2.37. The highest BCUT2D eigenvalue weighted by Crippen LogP contribution is 2.20. The van der Waals surface area contributed by atoms with E-state index in [1.54, 1.807) is 6.92 Å². The second-order valence-corrected chi connectivity index (χ2v) is 6.36. The summed E-state index contributed by atoms with van der Waals surface area (Å²) in [4.78, 5) is 18.3. The van der Waals surface area contributed by atoms with E-state index in [9.17, 15) is 4.79 Å². The molecule has 0 aliphatic carbocycles. The van der Waals surface area contributed by atoms with Gasteiger partial charge in [-0.25, -0.2) is 4.79 Å². The van der Waals surface area contributed by atoms with Crippen LogP contribution in [0.25, 0.3) is 0 Å². The first-order chi connectivity index (χ1) is 11.7. The van der Waals surface area contributed by atoms with Crippen molar-refractivity contribution in [3.63, 3.8) is 0 Å². The number of amides is 2. The maximum absolute atomic E-state index is 12.2. The van der Waals surface area contributed by atoms with Crippen LogP contribution in [0.5, 0.6) is 0 Å². The van der Waals surface area contributed by atoms with E-state index in [0.29, 0.717) is 30.6 Å². The van der Waals surface area contributed by atoms with E-state index in [-0.39, 0.29) is 6.03 Å². The van der Waals surface area contributed by atoms with Gasteiger partial charge in [-0.2, -0.15) is 4.98 Å². The van der Waals surface area contributed by atoms with Crippen LogP contribution in [0.4, 0.5) is 4.79 Å². The van der Waals surface area contributed by atoms with Crippen LogP contribution in [0.3, 0.4) is 0 Å². The van der Waals surface area contributed by atoms with Crippen LogP contribution >= 0.6 is 0 Å². The fraction of sp³-hybridized carbons (Fsp3) is 0.500. The van der Waals surface area contributed by atoms with Crippen molar-refractivity contribution < 1.29 is 9.32 Å². The molecule has 1 aromatic heterocycles. The Balaban J connectivity index is 1.35. The van der Waals surface area contributed by atoms with Crippen LogP contribution in [0.15, 0.2) is 34.9 Å². The molecule has 0 bridgehead atoms. The molecular formula is C18H24N4O2. The van der Waals surface area contributed by atoms with Gasteiger partial charge < -0.3 is 14.7 Å². The van der Waals surface area contributed by atoms with Crippen molar-refractivity contribution in [1.29, 1.82) is 0 Å². The summed E-state index contributed by atoms with van der Waals surface area (Å²) in [6.07, 6.45) is 3.61. The quantitative estimate of drug-likeness (QED) is 0.827. The first kappa shape index (κ1) is 16.5. The number of aryl methyl sites for hydroxylation is 2. The van der Waals surface area contributed by atoms with Crippen LogP contribution < -0.4 is 5.32 Å². The summed E-state index contributed by atoms with van der Waals surface area (Å²) >= 11 is 0. The molecule has 1 aromatic carbocycles. The van der Waals surface area contributed by atoms with Crippen molar-refractivity contribution in [2.75, 3.05) is 19.6 Å². The number of benzene rings is 1. The number of hydrogen-bond acceptors (Lipinski definition) is 4. The molecule has 0 unspecified atom stereocenters. The van der Waals surface area contributed by atoms with Gasteiger partial charge in [0, 0.05) is 26.1 Å². The van der Waals surface area contributed by atoms with E-state index in [4.69, 9.17) is 4.52 Å². The third kappa shape index (κ3) is 4.57. The smallest absolute Gasteiger partial charge is 0.317 e. The number of hydrogen-bond donors (Lipinski definition) is 1. The van der Waals surface area contributed by atoms with E-state index in [0.717, 1.165) is 32.4 Å². The van der Waals surface area contributed by atoms with Crippen molar-refractivity contribution in [2.45, 2.75) is 32.6 Å². The average molecular weight is 328 g/mol. The predicted molar refractivity (Wildman–Crippen MR) is 90.6 cm³/mol. The molecule has 2 aromatic rings. The first-order valence-corrected chi connectivity index (χ1v) is 8.56. The van der Waals surface area contributed by atoms with E-state index >= 15 is 0 Å². The van der Waals surface area contributed by atoms with Gasteiger partial charge in [0.05, 0.1) is 0 Å². The molecule has 2 heterocycles. The van der Waals surface area contributed by atoms with Gasteiger partial charge in [0.15, 0.2) is 5.82 Å². The number of likely N-dealkylation sites (tertiary alicyclic amines) is 1. The Kier molecular flexibility index (Phi) is 5.46. The monoisotopic (exact) mass is 328 g/mol. The summed E-state index contributed by atoms with van der Waals surface area (Å²) in [5.41, 5.74) is 1.35. The summed E-state index contributed by atoms with van der Waals surface area (Å²) in [5.74, 6) is 1.83. The maximum atomic E-state index is 12.2. The molecule has 6 heteroatoms. The van der Waals surface area contributed by atoms with Crippen LogP contribution in [0, 0.1) is 12.8 Å². The normalized spacial score (nSPS) is 17.2. The van der Waals surface area contributed by atoms with Crippen molar-refractivity contribution in [1.82, 2.24) is 20.4 Å². The minimum Gasteiger partial charge on any atom is -0.339 e. The van der Waals surface area contributed by atoms with Crippen molar-refractivity contribution in [2.24, 2.45) is 5.92 Å². The van der Waals surface area contributed by atoms with Crippen LogP contribution in [-0.4, -0.2) is 40.7 Å². The molecule has 1 atom stereocenters. The molecule has 0 spiro atoms. The second-order valence-electron chi connectivity index (χ2n) is 6.36. The van der Waals surface area contributed by atoms with Crippen LogP contribution in [-0.2, 0) is 12.8 Å². The lowest BCUT2D eigenvalue weighted by molar-refractivity contribution is 0.207. The standard InChI is InChI=1S/C18H24N4O2/c1-14-20-17(24-21-14)8-5-10-19-18(23)22-11-9-16(13-22)12-15-6-3-2-4-7-15/h2-4,6-7,16H,5,8-13H2,1H3,(H,19,23)/t16-/m1/s1. The number of nitrogens with zero attached hydrogens (tertiary/aromatic N) is 3. The zero-order chi connectivity index (χ0) is 16.8. The molecule has 0 radical (unpaired) electrons. The predicted octanol–water partition coefficient (Wildman–Crippen LogP) is 2.58. The highest BCUT2D eigenvalue weighted by atomic mass is 16.5. The van der Waals surface area contributed by atoms with Crippen LogP contribution in [0.1, 0.15) is 30.1 Å². The molecule has 3 rings (SSSR count). The van der Waals surface area contributed by atoms with Crippen molar-refractivity contribution >= 4 is 6.03 Å². The second kappa shape index (κ2) is 7.95. The minimum absolute atomic E-state index is 0.0345. The molecule has 1 fully saturated rings. The Morgan fingerprint density at radius 2 is 2.21 bits per heavy atom. The number of carbonyl (C=O) groups is 1. The molecule has 0 saturated carbocycles. The number of carbonyl (C=O) groups excluding carboxylic acids is 1. The van der Waals surface area contributed by atoms with Gasteiger partial charge in [-0.1, -0.05) is 35.5 Å². The highest BCUT2D eigenvalue weighted by Gasteiger charge is 2.25. The molecule has 128 valence electrons. The Labute approximate surface area is 142 Å². The van der Waals surface area contributed by atoms with E-state index in [1.807, 2.05) is 11.0 Å². The number of aromatic nitrogens is 2. The topological polar surface area (TPSA) is 71.3 Å². The third-order valence-electron chi connectivity index (χ3n) is 4.35. The Morgan fingerprint density at radius 1 is 1.38 bits per heavy atom. The van der Waals surface area contributed by atoms with E-state index < -0.39 is 0 Å². The van der Waals surface area contributed by atoms with Gasteiger partial charge in [-0.05, 0) is 37.7 Å². The van der Waals surface area contributed by atoms with Gasteiger partial charge in [0.25, 0.3) is 0 Å². The summed E-state index contributed by atoms with van der Waals surface area (Å²) in [6, 6.07) is 10.5. The number of rotatable bonds is 6. The van der Waals surface area contributed by atoms with Gasteiger partial charge in [-0.15, -0.1) is 0 Å². The van der Waals surface area contributed by atoms with Gasteiger partial charge in [-0.3, -0.25) is 0 Å². The van der Waals surface area contributed by atoms with Gasteiger partial charge in [0.1, 0.15) is 0 Å². The Morgan fingerprint density at radius 3 is 2.96 bits per heavy atom. The zero-order valence-corrected chi connectivity index (χ0v) is 14.1. The number of nitrogens with one attached hydrogen (secondary N) is 1. The van der Waals surface area contributed by atoms with E-state index in [2.05, 4.69) is 39.7 Å². The number of urea groups is 1. The van der Waals surface area contributed by atoms with Crippen molar-refractivity contribution in [3.8, 4) is 0 Å². The third-order valence-corrected chi connectivity index (χ3v) is 4.35. The van der Waals surface area contributed by atoms with Gasteiger partial charge >= 0.3 is 6.03 Å². The largest absolute Gasteiger partial charge is 0.339 e. The molecule has 1 aliphatic heterocycles.